The third-order valence-corrected chi connectivity index (χ3v) is 5.15. The van der Waals surface area contributed by atoms with Crippen LogP contribution in [0.4, 0.5) is 10.1 Å². The molecule has 1 aliphatic heterocycles. The normalized spacial score (nSPS) is 13.4. The molecule has 176 valence electrons. The predicted octanol–water partition coefficient (Wildman–Crippen LogP) is 0.890. The highest BCUT2D eigenvalue weighted by Crippen LogP contribution is 2.20. The number of anilines is 1. The molecule has 33 heavy (non-hydrogen) atoms. The molecule has 2 N–H and O–H groups in total. The summed E-state index contributed by atoms with van der Waals surface area (Å²) in [5.74, 6) is -0.819. The molecule has 3 amide bonds. The molecule has 3 rings (SSSR count). The monoisotopic (exact) mass is 458 g/mol. The summed E-state index contributed by atoms with van der Waals surface area (Å²) in [4.78, 5) is 39.6. The second-order valence-corrected chi connectivity index (χ2v) is 7.43. The van der Waals surface area contributed by atoms with Crippen molar-refractivity contribution in [3.8, 4) is 5.75 Å². The number of carbonyl (C=O) groups is 3. The van der Waals surface area contributed by atoms with Crippen LogP contribution in [0.5, 0.6) is 5.75 Å². The second kappa shape index (κ2) is 11.8. The van der Waals surface area contributed by atoms with Gasteiger partial charge in [0.2, 0.25) is 11.8 Å². The van der Waals surface area contributed by atoms with E-state index in [1.54, 1.807) is 54.5 Å². The first kappa shape index (κ1) is 24.0. The first-order valence-corrected chi connectivity index (χ1v) is 10.5. The van der Waals surface area contributed by atoms with E-state index in [4.69, 9.17) is 9.47 Å². The topological polar surface area (TPSA) is 100 Å². The lowest BCUT2D eigenvalue weighted by molar-refractivity contribution is -0.139. The van der Waals surface area contributed by atoms with E-state index in [0.717, 1.165) is 5.56 Å². The summed E-state index contributed by atoms with van der Waals surface area (Å²) in [6.45, 7) is 1.26. The highest BCUT2D eigenvalue weighted by Gasteiger charge is 2.22. The van der Waals surface area contributed by atoms with Crippen LogP contribution in [-0.4, -0.2) is 69.1 Å². The van der Waals surface area contributed by atoms with Crippen LogP contribution < -0.4 is 20.5 Å². The largest absolute Gasteiger partial charge is 0.497 e. The van der Waals surface area contributed by atoms with Crippen LogP contribution in [0.2, 0.25) is 0 Å². The van der Waals surface area contributed by atoms with Crippen LogP contribution >= 0.6 is 0 Å². The zero-order chi connectivity index (χ0) is 23.6. The summed E-state index contributed by atoms with van der Waals surface area (Å²) >= 11 is 0. The number of hydrogen-bond acceptors (Lipinski definition) is 6. The van der Waals surface area contributed by atoms with Gasteiger partial charge in [0.1, 0.15) is 24.8 Å². The van der Waals surface area contributed by atoms with Gasteiger partial charge in [0.05, 0.1) is 19.2 Å². The van der Waals surface area contributed by atoms with E-state index in [2.05, 4.69) is 10.9 Å². The van der Waals surface area contributed by atoms with E-state index in [9.17, 15) is 18.8 Å². The number of ether oxygens (including phenoxy) is 2. The molecule has 9 nitrogen and oxygen atoms in total. The molecule has 0 aliphatic carbocycles. The third-order valence-electron chi connectivity index (χ3n) is 5.15. The minimum atomic E-state index is -0.574. The average molecular weight is 458 g/mol. The van der Waals surface area contributed by atoms with Gasteiger partial charge in [-0.2, -0.15) is 0 Å². The van der Waals surface area contributed by atoms with Gasteiger partial charge in [0.25, 0.3) is 5.91 Å². The molecule has 0 aromatic heterocycles. The average Bonchev–Trinajstić information content (AvgIpc) is 2.83. The molecule has 0 spiro atoms. The van der Waals surface area contributed by atoms with E-state index >= 15 is 0 Å². The van der Waals surface area contributed by atoms with Gasteiger partial charge in [-0.15, -0.1) is 0 Å². The van der Waals surface area contributed by atoms with Gasteiger partial charge >= 0.3 is 0 Å². The molecule has 0 bridgehead atoms. The maximum absolute atomic E-state index is 13.9. The predicted molar refractivity (Wildman–Crippen MR) is 119 cm³/mol. The van der Waals surface area contributed by atoms with Crippen LogP contribution in [0.1, 0.15) is 5.56 Å². The van der Waals surface area contributed by atoms with Crippen LogP contribution in [0, 0.1) is 5.82 Å². The van der Waals surface area contributed by atoms with E-state index < -0.39 is 11.8 Å². The van der Waals surface area contributed by atoms with Gasteiger partial charge in [-0.3, -0.25) is 25.2 Å². The van der Waals surface area contributed by atoms with E-state index in [1.165, 1.54) is 6.07 Å². The van der Waals surface area contributed by atoms with Crippen LogP contribution in [0.3, 0.4) is 0 Å². The number of rotatable bonds is 8. The smallest absolute Gasteiger partial charge is 0.264 e. The number of hydrogen-bond donors (Lipinski definition) is 2. The summed E-state index contributed by atoms with van der Waals surface area (Å²) in [5, 5.41) is 0. The summed E-state index contributed by atoms with van der Waals surface area (Å²) in [6.07, 6.45) is 0.0858. The number of nitrogens with one attached hydrogen (secondary N) is 2. The molecule has 10 heteroatoms. The van der Waals surface area contributed by atoms with E-state index in [-0.39, 0.29) is 31.4 Å². The summed E-state index contributed by atoms with van der Waals surface area (Å²) in [6, 6.07) is 13.5. The lowest BCUT2D eigenvalue weighted by Gasteiger charge is -2.36. The van der Waals surface area contributed by atoms with E-state index in [1.807, 2.05) is 4.90 Å². The van der Waals surface area contributed by atoms with Crippen molar-refractivity contribution in [2.24, 2.45) is 0 Å². The number of piperazine rings is 1. The standard InChI is InChI=1S/C23H27FN4O5/c1-32-18-8-6-17(7-9-18)14-21(29)25-26-22(30)15-33-16-23(31)28-12-10-27(11-13-28)20-5-3-2-4-19(20)24/h2-9H,10-16H2,1H3,(H,25,29)(H,26,30). The number of carbonyl (C=O) groups excluding carboxylic acids is 3. The highest BCUT2D eigenvalue weighted by atomic mass is 19.1. The minimum absolute atomic E-state index is 0.0858. The Hall–Kier alpha value is -3.66. The fourth-order valence-corrected chi connectivity index (χ4v) is 3.38. The molecule has 1 aliphatic rings. The zero-order valence-electron chi connectivity index (χ0n) is 18.4. The van der Waals surface area contributed by atoms with Gasteiger partial charge in [-0.25, -0.2) is 4.39 Å². The number of amides is 3. The van der Waals surface area contributed by atoms with Gasteiger partial charge < -0.3 is 19.3 Å². The highest BCUT2D eigenvalue weighted by molar-refractivity contribution is 5.84. The summed E-state index contributed by atoms with van der Waals surface area (Å²) < 4.78 is 24.1. The first-order chi connectivity index (χ1) is 16.0. The Bertz CT molecular complexity index is 962. The van der Waals surface area contributed by atoms with Crippen LogP contribution in [-0.2, 0) is 25.5 Å². The van der Waals surface area contributed by atoms with Crippen molar-refractivity contribution < 1.29 is 28.2 Å². The maximum atomic E-state index is 13.9. The Balaban J connectivity index is 1.30. The van der Waals surface area contributed by atoms with Gasteiger partial charge in [-0.05, 0) is 29.8 Å². The van der Waals surface area contributed by atoms with Gasteiger partial charge in [0, 0.05) is 26.2 Å². The zero-order valence-corrected chi connectivity index (χ0v) is 18.4. The first-order valence-electron chi connectivity index (χ1n) is 10.5. The molecule has 1 heterocycles. The van der Waals surface area contributed by atoms with Crippen molar-refractivity contribution in [1.82, 2.24) is 15.8 Å². The van der Waals surface area contributed by atoms with E-state index in [0.29, 0.717) is 37.6 Å². The molecular weight excluding hydrogens is 431 g/mol. The molecule has 1 saturated heterocycles. The number of benzene rings is 2. The molecule has 2 aromatic carbocycles. The molecule has 0 atom stereocenters. The summed E-state index contributed by atoms with van der Waals surface area (Å²) in [5.41, 5.74) is 5.84. The van der Waals surface area contributed by atoms with Crippen molar-refractivity contribution >= 4 is 23.4 Å². The number of para-hydroxylation sites is 1. The summed E-state index contributed by atoms with van der Waals surface area (Å²) in [7, 11) is 1.56. The second-order valence-electron chi connectivity index (χ2n) is 7.43. The van der Waals surface area contributed by atoms with Crippen molar-refractivity contribution in [2.45, 2.75) is 6.42 Å². The van der Waals surface area contributed by atoms with Crippen molar-refractivity contribution in [3.63, 3.8) is 0 Å². The lowest BCUT2D eigenvalue weighted by Crippen LogP contribution is -2.50. The molecular formula is C23H27FN4O5. The molecule has 0 saturated carbocycles. The molecule has 0 unspecified atom stereocenters. The minimum Gasteiger partial charge on any atom is -0.497 e. The number of nitrogens with zero attached hydrogens (tertiary/aromatic N) is 2. The molecule has 2 aromatic rings. The Labute approximate surface area is 191 Å². The fraction of sp³-hybridized carbons (Fsp3) is 0.348. The van der Waals surface area contributed by atoms with Crippen LogP contribution in [0.25, 0.3) is 0 Å². The van der Waals surface area contributed by atoms with Crippen LogP contribution in [0.15, 0.2) is 48.5 Å². The Morgan fingerprint density at radius 3 is 2.24 bits per heavy atom. The lowest BCUT2D eigenvalue weighted by atomic mass is 10.1. The quantitative estimate of drug-likeness (QED) is 0.570. The maximum Gasteiger partial charge on any atom is 0.264 e. The van der Waals surface area contributed by atoms with Crippen molar-refractivity contribution in [1.29, 1.82) is 0 Å². The molecule has 1 fully saturated rings. The SMILES string of the molecule is COc1ccc(CC(=O)NNC(=O)COCC(=O)N2CCN(c3ccccc3F)CC2)cc1. The van der Waals surface area contributed by atoms with Crippen molar-refractivity contribution in [3.05, 3.63) is 59.9 Å². The van der Waals surface area contributed by atoms with Gasteiger partial charge in [-0.1, -0.05) is 24.3 Å². The Morgan fingerprint density at radius 1 is 0.909 bits per heavy atom. The third kappa shape index (κ3) is 7.18. The molecule has 0 radical (unpaired) electrons. The van der Waals surface area contributed by atoms with Crippen molar-refractivity contribution in [2.75, 3.05) is 51.4 Å². The fourth-order valence-electron chi connectivity index (χ4n) is 3.38. The Kier molecular flexibility index (Phi) is 8.59. The number of hydrazine groups is 1. The van der Waals surface area contributed by atoms with Gasteiger partial charge in [0.15, 0.2) is 0 Å². The number of halogens is 1. The Morgan fingerprint density at radius 2 is 1.58 bits per heavy atom. The number of methoxy groups -OCH3 is 1.